The highest BCUT2D eigenvalue weighted by Gasteiger charge is 2.56. The number of aryl methyl sites for hydroxylation is 1. The van der Waals surface area contributed by atoms with Gasteiger partial charge in [0.1, 0.15) is 11.9 Å². The van der Waals surface area contributed by atoms with Crippen molar-refractivity contribution in [1.29, 1.82) is 0 Å². The minimum absolute atomic E-state index is 0.0371. The maximum absolute atomic E-state index is 14.4. The molecule has 0 radical (unpaired) electrons. The fraction of sp³-hybridized carbons (Fsp3) is 0.543. The van der Waals surface area contributed by atoms with E-state index in [2.05, 4.69) is 32.6 Å². The van der Waals surface area contributed by atoms with Crippen LogP contribution in [0.15, 0.2) is 53.0 Å². The van der Waals surface area contributed by atoms with E-state index in [1.54, 1.807) is 7.11 Å². The normalized spacial score (nSPS) is 26.7. The van der Waals surface area contributed by atoms with Crippen molar-refractivity contribution in [3.05, 3.63) is 74.2 Å². The van der Waals surface area contributed by atoms with Crippen LogP contribution >= 0.6 is 34.8 Å². The molecule has 4 atom stereocenters. The molecule has 2 aromatic rings. The minimum atomic E-state index is -0.519. The molecule has 1 saturated carbocycles. The number of carbonyl (C=O) groups is 1. The number of carbonyl (C=O) groups excluding carboxylic acids is 1. The van der Waals surface area contributed by atoms with Gasteiger partial charge in [-0.2, -0.15) is 0 Å². The maximum atomic E-state index is 14.4. The van der Waals surface area contributed by atoms with Crippen LogP contribution < -0.4 is 20.3 Å². The second kappa shape index (κ2) is 13.7. The topological polar surface area (TPSA) is 91.5 Å². The fourth-order valence-electron chi connectivity index (χ4n) is 7.25. The number of nitrogens with one attached hydrogen (secondary N) is 2. The highest BCUT2D eigenvalue weighted by atomic mass is 35.5. The summed E-state index contributed by atoms with van der Waals surface area (Å²) in [5, 5.41) is 8.47. The standard InChI is InChI=1S/C35H42Cl3N5O4/c1-21-14-28(36)32(29(37)15-21)46-24-9-12-42(19-24)31-7-4-22(16-40-31)25-8-11-39-17-26(25)34(44)43(23-5-6-23)20-27-30(38)18-41-35(33(27)47-35)10-3-13-45-2/h4,7,14-16,18,23-26,39,41H,3,5-6,8-13,17,19-20H2,1-2H3/t24-,25-,26+,35?/m1/s1. The lowest BCUT2D eigenvalue weighted by molar-refractivity contribution is -0.136. The largest absolute Gasteiger partial charge is 0.485 e. The SMILES string of the molecule is COCCCC12NC=C(Cl)C(CN(C(=O)[C@H]3CNCC[C@@H]3c3ccc(N4CC[C@@H](Oc5c(Cl)cc(C)cc5Cl)C4)nc3)C3CC3)=C1O2. The van der Waals surface area contributed by atoms with Crippen molar-refractivity contribution < 1.29 is 19.0 Å². The lowest BCUT2D eigenvalue weighted by atomic mass is 9.80. The number of hydrogen-bond acceptors (Lipinski definition) is 8. The van der Waals surface area contributed by atoms with Gasteiger partial charge in [-0.1, -0.05) is 40.9 Å². The first-order valence-corrected chi connectivity index (χ1v) is 17.8. The van der Waals surface area contributed by atoms with Crippen LogP contribution in [0.25, 0.3) is 0 Å². The molecule has 5 heterocycles. The van der Waals surface area contributed by atoms with E-state index >= 15 is 0 Å². The van der Waals surface area contributed by atoms with Crippen LogP contribution in [-0.4, -0.2) is 80.1 Å². The number of anilines is 1. The first-order chi connectivity index (χ1) is 22.8. The number of pyridine rings is 1. The van der Waals surface area contributed by atoms with Crippen LogP contribution in [0.3, 0.4) is 0 Å². The second-order valence-corrected chi connectivity index (χ2v) is 14.6. The van der Waals surface area contributed by atoms with Crippen LogP contribution in [0.2, 0.25) is 10.0 Å². The number of hydrogen-bond donors (Lipinski definition) is 2. The van der Waals surface area contributed by atoms with Gasteiger partial charge in [-0.25, -0.2) is 4.98 Å². The van der Waals surface area contributed by atoms with Crippen LogP contribution in [0.5, 0.6) is 5.75 Å². The van der Waals surface area contributed by atoms with Crippen molar-refractivity contribution in [2.24, 2.45) is 5.92 Å². The number of fused-ring (bicyclic) bond motifs is 1. The van der Waals surface area contributed by atoms with Gasteiger partial charge in [0.2, 0.25) is 11.6 Å². The zero-order chi connectivity index (χ0) is 32.7. The number of methoxy groups -OCH3 is 1. The van der Waals surface area contributed by atoms with Gasteiger partial charge in [0.15, 0.2) is 11.5 Å². The molecular weight excluding hydrogens is 661 g/mol. The Kier molecular flexibility index (Phi) is 9.55. The lowest BCUT2D eigenvalue weighted by Gasteiger charge is -2.36. The van der Waals surface area contributed by atoms with Crippen LogP contribution in [0, 0.1) is 12.8 Å². The Hall–Kier alpha value is -2.69. The van der Waals surface area contributed by atoms with E-state index in [9.17, 15) is 4.79 Å². The van der Waals surface area contributed by atoms with Gasteiger partial charge in [0.05, 0.1) is 34.1 Å². The van der Waals surface area contributed by atoms with Crippen molar-refractivity contribution in [2.75, 3.05) is 51.3 Å². The fourth-order valence-corrected chi connectivity index (χ4v) is 8.14. The molecule has 7 rings (SSSR count). The summed E-state index contributed by atoms with van der Waals surface area (Å²) >= 11 is 19.6. The zero-order valence-electron chi connectivity index (χ0n) is 26.9. The smallest absolute Gasteiger partial charge is 0.238 e. The Labute approximate surface area is 291 Å². The van der Waals surface area contributed by atoms with Crippen molar-refractivity contribution in [2.45, 2.75) is 69.2 Å². The molecule has 1 aromatic heterocycles. The van der Waals surface area contributed by atoms with Crippen molar-refractivity contribution in [3.63, 3.8) is 0 Å². The number of piperidine rings is 1. The molecule has 0 bridgehead atoms. The predicted octanol–water partition coefficient (Wildman–Crippen LogP) is 6.13. The van der Waals surface area contributed by atoms with Gasteiger partial charge in [0, 0.05) is 63.7 Å². The number of dihydropyridines is 1. The molecule has 4 fully saturated rings. The summed E-state index contributed by atoms with van der Waals surface area (Å²) in [4.78, 5) is 23.5. The second-order valence-electron chi connectivity index (χ2n) is 13.4. The molecule has 47 heavy (non-hydrogen) atoms. The molecule has 252 valence electrons. The minimum Gasteiger partial charge on any atom is -0.485 e. The molecule has 3 saturated heterocycles. The van der Waals surface area contributed by atoms with E-state index in [-0.39, 0.29) is 29.9 Å². The van der Waals surface area contributed by atoms with E-state index in [1.807, 2.05) is 31.5 Å². The summed E-state index contributed by atoms with van der Waals surface area (Å²) in [6.45, 7) is 6.10. The average molecular weight is 703 g/mol. The van der Waals surface area contributed by atoms with Crippen molar-refractivity contribution in [1.82, 2.24) is 20.5 Å². The molecule has 1 amide bonds. The van der Waals surface area contributed by atoms with E-state index in [0.717, 1.165) is 79.9 Å². The first kappa shape index (κ1) is 32.8. The third-order valence-electron chi connectivity index (χ3n) is 9.97. The van der Waals surface area contributed by atoms with Crippen molar-refractivity contribution in [3.8, 4) is 5.75 Å². The summed E-state index contributed by atoms with van der Waals surface area (Å²) in [6, 6.07) is 8.19. The summed E-state index contributed by atoms with van der Waals surface area (Å²) < 4.78 is 17.6. The summed E-state index contributed by atoms with van der Waals surface area (Å²) in [5.41, 5.74) is 2.49. The third kappa shape index (κ3) is 6.92. The molecule has 1 aliphatic carbocycles. The number of ether oxygens (including phenoxy) is 3. The average Bonchev–Trinajstić information content (AvgIpc) is 3.99. The number of amides is 1. The predicted molar refractivity (Wildman–Crippen MR) is 184 cm³/mol. The zero-order valence-corrected chi connectivity index (χ0v) is 29.1. The van der Waals surface area contributed by atoms with Gasteiger partial charge in [0.25, 0.3) is 0 Å². The molecule has 9 nitrogen and oxygen atoms in total. The number of epoxide rings is 1. The number of nitrogens with zero attached hydrogens (tertiary/aromatic N) is 3. The van der Waals surface area contributed by atoms with E-state index in [1.165, 1.54) is 0 Å². The molecule has 0 spiro atoms. The molecule has 12 heteroatoms. The first-order valence-electron chi connectivity index (χ1n) is 16.7. The van der Waals surface area contributed by atoms with Gasteiger partial charge < -0.3 is 34.6 Å². The highest BCUT2D eigenvalue weighted by molar-refractivity contribution is 6.37. The molecule has 1 unspecified atom stereocenters. The highest BCUT2D eigenvalue weighted by Crippen LogP contribution is 2.50. The number of rotatable bonds is 12. The Morgan fingerprint density at radius 1 is 1.17 bits per heavy atom. The van der Waals surface area contributed by atoms with Crippen LogP contribution in [0.4, 0.5) is 5.82 Å². The molecule has 4 aliphatic heterocycles. The van der Waals surface area contributed by atoms with Gasteiger partial charge in [-0.3, -0.25) is 4.79 Å². The number of halogens is 3. The maximum Gasteiger partial charge on any atom is 0.238 e. The van der Waals surface area contributed by atoms with E-state index in [4.69, 9.17) is 54.0 Å². The number of aromatic nitrogens is 1. The molecule has 5 aliphatic rings. The molecule has 1 aromatic carbocycles. The third-order valence-corrected chi connectivity index (χ3v) is 10.9. The molecular formula is C35H42Cl3N5O4. The quantitative estimate of drug-likeness (QED) is 0.202. The summed E-state index contributed by atoms with van der Waals surface area (Å²) in [7, 11) is 1.70. The van der Waals surface area contributed by atoms with Crippen molar-refractivity contribution >= 4 is 46.5 Å². The van der Waals surface area contributed by atoms with Crippen LogP contribution in [-0.2, 0) is 14.3 Å². The monoisotopic (exact) mass is 701 g/mol. The summed E-state index contributed by atoms with van der Waals surface area (Å²) in [5.74, 6) is 2.36. The Morgan fingerprint density at radius 3 is 2.70 bits per heavy atom. The van der Waals surface area contributed by atoms with E-state index in [0.29, 0.717) is 47.1 Å². The number of benzene rings is 1. The van der Waals surface area contributed by atoms with E-state index < -0.39 is 5.72 Å². The Morgan fingerprint density at radius 2 is 1.98 bits per heavy atom. The molecule has 2 N–H and O–H groups in total. The summed E-state index contributed by atoms with van der Waals surface area (Å²) in [6.07, 6.45) is 9.13. The lowest BCUT2D eigenvalue weighted by Crippen LogP contribution is -2.48. The Balaban J connectivity index is 1.02. The van der Waals surface area contributed by atoms with Gasteiger partial charge in [-0.15, -0.1) is 0 Å². The van der Waals surface area contributed by atoms with Gasteiger partial charge in [-0.05, 0) is 74.4 Å². The van der Waals surface area contributed by atoms with Gasteiger partial charge >= 0.3 is 0 Å². The van der Waals surface area contributed by atoms with Crippen LogP contribution in [0.1, 0.15) is 55.6 Å². The Bertz CT molecular complexity index is 1540.